The number of carbonyl (C=O) groups excluding carboxylic acids is 1. The van der Waals surface area contributed by atoms with Crippen LogP contribution in [-0.2, 0) is 21.2 Å². The van der Waals surface area contributed by atoms with E-state index in [1.54, 1.807) is 24.0 Å². The van der Waals surface area contributed by atoms with Crippen molar-refractivity contribution >= 4 is 27.3 Å². The molecule has 2 aromatic rings. The van der Waals surface area contributed by atoms with Gasteiger partial charge in [-0.3, -0.25) is 4.79 Å². The second-order valence-electron chi connectivity index (χ2n) is 7.18. The number of ether oxygens (including phenoxy) is 1. The summed E-state index contributed by atoms with van der Waals surface area (Å²) in [6.07, 6.45) is 0.830. The molecule has 2 aromatic carbocycles. The topological polar surface area (TPSA) is 79.0 Å². The maximum atomic E-state index is 12.9. The third-order valence-corrected chi connectivity index (χ3v) is 6.76. The van der Waals surface area contributed by atoms with Gasteiger partial charge in [-0.1, -0.05) is 18.2 Å². The Hall–Kier alpha value is -2.58. The summed E-state index contributed by atoms with van der Waals surface area (Å²) in [7, 11) is -0.736. The maximum Gasteiger partial charge on any atom is 0.246 e. The summed E-state index contributed by atoms with van der Waals surface area (Å²) in [5.41, 5.74) is 2.64. The standard InChI is InChI=1S/C21H27N3O4S/c1-5-28-19-11-10-17(13-20(19)29(26,27)23(3)4)22-14-21(25)24-15(2)12-16-8-6-7-9-18(16)24/h6-11,13,15,22H,5,12,14H2,1-4H3. The van der Waals surface area contributed by atoms with E-state index in [2.05, 4.69) is 5.32 Å². The number of nitrogens with zero attached hydrogens (tertiary/aromatic N) is 2. The molecular weight excluding hydrogens is 390 g/mol. The molecular formula is C21H27N3O4S. The van der Waals surface area contributed by atoms with Crippen molar-refractivity contribution in [2.75, 3.05) is 37.5 Å². The molecule has 0 radical (unpaired) electrons. The van der Waals surface area contributed by atoms with Crippen LogP contribution in [0.1, 0.15) is 19.4 Å². The fourth-order valence-corrected chi connectivity index (χ4v) is 4.55. The second-order valence-corrected chi connectivity index (χ2v) is 9.30. The summed E-state index contributed by atoms with van der Waals surface area (Å²) < 4.78 is 31.9. The number of anilines is 2. The highest BCUT2D eigenvalue weighted by Crippen LogP contribution is 2.32. The van der Waals surface area contributed by atoms with E-state index < -0.39 is 10.0 Å². The van der Waals surface area contributed by atoms with E-state index in [1.165, 1.54) is 20.2 Å². The lowest BCUT2D eigenvalue weighted by Gasteiger charge is -2.23. The fourth-order valence-electron chi connectivity index (χ4n) is 3.50. The molecule has 0 saturated carbocycles. The molecule has 156 valence electrons. The molecule has 8 heteroatoms. The molecule has 1 amide bonds. The monoisotopic (exact) mass is 417 g/mol. The highest BCUT2D eigenvalue weighted by atomic mass is 32.2. The van der Waals surface area contributed by atoms with Crippen molar-refractivity contribution < 1.29 is 17.9 Å². The number of amides is 1. The number of sulfonamides is 1. The van der Waals surface area contributed by atoms with E-state index in [4.69, 9.17) is 4.74 Å². The summed E-state index contributed by atoms with van der Waals surface area (Å²) in [4.78, 5) is 14.7. The van der Waals surface area contributed by atoms with Gasteiger partial charge < -0.3 is 15.0 Å². The first-order valence-electron chi connectivity index (χ1n) is 9.59. The second kappa shape index (κ2) is 8.42. The lowest BCUT2D eigenvalue weighted by molar-refractivity contribution is -0.117. The van der Waals surface area contributed by atoms with Gasteiger partial charge in [-0.2, -0.15) is 0 Å². The van der Waals surface area contributed by atoms with Gasteiger partial charge in [-0.15, -0.1) is 0 Å². The Labute approximate surface area is 172 Å². The van der Waals surface area contributed by atoms with E-state index in [0.717, 1.165) is 22.0 Å². The molecule has 3 rings (SSSR count). The third-order valence-electron chi connectivity index (χ3n) is 4.92. The van der Waals surface area contributed by atoms with Crippen LogP contribution in [0, 0.1) is 0 Å². The van der Waals surface area contributed by atoms with Crippen LogP contribution in [0.5, 0.6) is 5.75 Å². The number of para-hydroxylation sites is 1. The van der Waals surface area contributed by atoms with Gasteiger partial charge >= 0.3 is 0 Å². The lowest BCUT2D eigenvalue weighted by Crippen LogP contribution is -2.39. The molecule has 1 heterocycles. The van der Waals surface area contributed by atoms with E-state index in [0.29, 0.717) is 18.0 Å². The smallest absolute Gasteiger partial charge is 0.246 e. The van der Waals surface area contributed by atoms with Gasteiger partial charge in [0, 0.05) is 31.5 Å². The van der Waals surface area contributed by atoms with Crippen LogP contribution >= 0.6 is 0 Å². The first-order chi connectivity index (χ1) is 13.8. The number of hydrogen-bond donors (Lipinski definition) is 1. The average Bonchev–Trinajstić information content (AvgIpc) is 3.02. The van der Waals surface area contributed by atoms with Crippen molar-refractivity contribution in [2.45, 2.75) is 31.2 Å². The Morgan fingerprint density at radius 2 is 1.97 bits per heavy atom. The molecule has 1 aliphatic heterocycles. The molecule has 29 heavy (non-hydrogen) atoms. The number of benzene rings is 2. The minimum atomic E-state index is -3.68. The van der Waals surface area contributed by atoms with Crippen LogP contribution in [0.2, 0.25) is 0 Å². The SMILES string of the molecule is CCOc1ccc(NCC(=O)N2c3ccccc3CC2C)cc1S(=O)(=O)N(C)C. The van der Waals surface area contributed by atoms with Crippen LogP contribution in [0.15, 0.2) is 47.4 Å². The quantitative estimate of drug-likeness (QED) is 0.749. The molecule has 0 saturated heterocycles. The van der Waals surface area contributed by atoms with Crippen LogP contribution in [0.4, 0.5) is 11.4 Å². The van der Waals surface area contributed by atoms with Crippen LogP contribution < -0.4 is 15.0 Å². The van der Waals surface area contributed by atoms with E-state index >= 15 is 0 Å². The van der Waals surface area contributed by atoms with Crippen molar-refractivity contribution in [3.05, 3.63) is 48.0 Å². The van der Waals surface area contributed by atoms with Crippen LogP contribution in [0.25, 0.3) is 0 Å². The number of carbonyl (C=O) groups is 1. The first-order valence-corrected chi connectivity index (χ1v) is 11.0. The van der Waals surface area contributed by atoms with Crippen LogP contribution in [-0.4, -0.2) is 51.9 Å². The van der Waals surface area contributed by atoms with Crippen molar-refractivity contribution in [3.63, 3.8) is 0 Å². The van der Waals surface area contributed by atoms with E-state index in [1.807, 2.05) is 31.2 Å². The summed E-state index contributed by atoms with van der Waals surface area (Å²) in [6, 6.07) is 12.8. The average molecular weight is 418 g/mol. The predicted molar refractivity (Wildman–Crippen MR) is 114 cm³/mol. The Balaban J connectivity index is 1.80. The van der Waals surface area contributed by atoms with Gasteiger partial charge in [-0.05, 0) is 50.1 Å². The highest BCUT2D eigenvalue weighted by molar-refractivity contribution is 7.89. The Morgan fingerprint density at radius 3 is 2.66 bits per heavy atom. The molecule has 7 nitrogen and oxygen atoms in total. The van der Waals surface area contributed by atoms with Crippen molar-refractivity contribution in [1.82, 2.24) is 4.31 Å². The number of rotatable bonds is 7. The molecule has 1 atom stereocenters. The van der Waals surface area contributed by atoms with Gasteiger partial charge in [0.1, 0.15) is 10.6 Å². The van der Waals surface area contributed by atoms with Crippen molar-refractivity contribution in [3.8, 4) is 5.75 Å². The molecule has 0 bridgehead atoms. The predicted octanol–water partition coefficient (Wildman–Crippen LogP) is 2.73. The molecule has 0 spiro atoms. The molecule has 0 aliphatic carbocycles. The Bertz CT molecular complexity index is 1000. The van der Waals surface area contributed by atoms with Gasteiger partial charge in [0.15, 0.2) is 0 Å². The van der Waals surface area contributed by atoms with Gasteiger partial charge in [0.25, 0.3) is 0 Å². The zero-order chi connectivity index (χ0) is 21.2. The number of hydrogen-bond acceptors (Lipinski definition) is 5. The summed E-state index contributed by atoms with van der Waals surface area (Å²) in [5.74, 6) is 0.230. The Morgan fingerprint density at radius 1 is 1.24 bits per heavy atom. The van der Waals surface area contributed by atoms with Crippen LogP contribution in [0.3, 0.4) is 0 Å². The number of fused-ring (bicyclic) bond motifs is 1. The van der Waals surface area contributed by atoms with Gasteiger partial charge in [0.05, 0.1) is 13.2 Å². The molecule has 1 aliphatic rings. The summed E-state index contributed by atoms with van der Waals surface area (Å²) in [6.45, 7) is 4.24. The molecule has 0 fully saturated rings. The minimum absolute atomic E-state index is 0.0617. The van der Waals surface area contributed by atoms with E-state index in [9.17, 15) is 13.2 Å². The highest BCUT2D eigenvalue weighted by Gasteiger charge is 2.30. The molecule has 0 aromatic heterocycles. The summed E-state index contributed by atoms with van der Waals surface area (Å²) >= 11 is 0. The number of nitrogens with one attached hydrogen (secondary N) is 1. The van der Waals surface area contributed by atoms with Crippen molar-refractivity contribution in [2.24, 2.45) is 0 Å². The molecule has 1 N–H and O–H groups in total. The summed E-state index contributed by atoms with van der Waals surface area (Å²) in [5, 5.41) is 3.06. The largest absolute Gasteiger partial charge is 0.492 e. The maximum absolute atomic E-state index is 12.9. The van der Waals surface area contributed by atoms with Crippen molar-refractivity contribution in [1.29, 1.82) is 0 Å². The zero-order valence-electron chi connectivity index (χ0n) is 17.2. The lowest BCUT2D eigenvalue weighted by atomic mass is 10.1. The normalized spacial score (nSPS) is 16.0. The minimum Gasteiger partial charge on any atom is -0.492 e. The zero-order valence-corrected chi connectivity index (χ0v) is 18.0. The Kier molecular flexibility index (Phi) is 6.14. The third kappa shape index (κ3) is 4.23. The van der Waals surface area contributed by atoms with Gasteiger partial charge in [0.2, 0.25) is 15.9 Å². The van der Waals surface area contributed by atoms with E-state index in [-0.39, 0.29) is 23.4 Å². The first kappa shape index (κ1) is 21.1. The molecule has 1 unspecified atom stereocenters. The van der Waals surface area contributed by atoms with Gasteiger partial charge in [-0.25, -0.2) is 12.7 Å². The fraction of sp³-hybridized carbons (Fsp3) is 0.381.